The monoisotopic (exact) mass is 690 g/mol. The molecule has 0 N–H and O–H groups in total. The van der Waals surface area contributed by atoms with E-state index in [0.29, 0.717) is 33.7 Å². The maximum absolute atomic E-state index is 14.4. The maximum atomic E-state index is 14.4. The molecule has 0 radical (unpaired) electrons. The van der Waals surface area contributed by atoms with E-state index in [0.717, 1.165) is 11.3 Å². The molecule has 11 heteroatoms. The minimum atomic E-state index is -1.58. The van der Waals surface area contributed by atoms with E-state index in [9.17, 15) is 19.2 Å². The Hall–Kier alpha value is -5.81. The van der Waals surface area contributed by atoms with E-state index in [1.807, 2.05) is 66.7 Å². The van der Waals surface area contributed by atoms with Crippen LogP contribution in [-0.2, 0) is 34.1 Å². The molecule has 0 bridgehead atoms. The largest absolute Gasteiger partial charge is 0.497 e. The fraction of sp³-hybridized carbons (Fsp3) is 0.205. The summed E-state index contributed by atoms with van der Waals surface area (Å²) >= 11 is 1.05. The lowest BCUT2D eigenvalue weighted by Crippen LogP contribution is -2.52. The highest BCUT2D eigenvalue weighted by Crippen LogP contribution is 2.57. The average molecular weight is 691 g/mol. The lowest BCUT2D eigenvalue weighted by Gasteiger charge is -2.43. The van der Waals surface area contributed by atoms with Crippen molar-refractivity contribution in [3.8, 4) is 17.0 Å². The van der Waals surface area contributed by atoms with Crippen LogP contribution >= 0.6 is 11.3 Å². The van der Waals surface area contributed by atoms with Gasteiger partial charge in [-0.3, -0.25) is 14.4 Å². The average Bonchev–Trinajstić information content (AvgIpc) is 3.76. The normalized spacial score (nSPS) is 17.8. The summed E-state index contributed by atoms with van der Waals surface area (Å²) in [4.78, 5) is 63.5. The Balaban J connectivity index is 1.73. The quantitative estimate of drug-likeness (QED) is 0.0990. The molecule has 0 amide bonds. The number of nitrogens with zero attached hydrogens (tertiary/aromatic N) is 2. The molecule has 5 aromatic rings. The summed E-state index contributed by atoms with van der Waals surface area (Å²) in [6.45, 7) is 0. The minimum Gasteiger partial charge on any atom is -0.497 e. The molecule has 6 rings (SSSR count). The number of carbonyl (C=O) groups excluding carboxylic acids is 4. The van der Waals surface area contributed by atoms with Gasteiger partial charge >= 0.3 is 17.9 Å². The smallest absolute Gasteiger partial charge is 0.329 e. The number of ketones is 1. The Kier molecular flexibility index (Phi) is 9.78. The number of rotatable bonds is 10. The number of carbonyl (C=O) groups is 4. The summed E-state index contributed by atoms with van der Waals surface area (Å²) in [5, 5.41) is 0.198. The predicted octanol–water partition coefficient (Wildman–Crippen LogP) is 5.93. The summed E-state index contributed by atoms with van der Waals surface area (Å²) in [6, 6.07) is 32.6. The van der Waals surface area contributed by atoms with Gasteiger partial charge in [0.25, 0.3) is 0 Å². The van der Waals surface area contributed by atoms with Crippen LogP contribution in [0.3, 0.4) is 0 Å². The van der Waals surface area contributed by atoms with Gasteiger partial charge in [-0.2, -0.15) is 0 Å². The Morgan fingerprint density at radius 2 is 1.18 bits per heavy atom. The molecule has 10 nitrogen and oxygen atoms in total. The van der Waals surface area contributed by atoms with Crippen LogP contribution in [-0.4, -0.2) is 63.2 Å². The fourth-order valence-electron chi connectivity index (χ4n) is 6.88. The third-order valence-electron chi connectivity index (χ3n) is 9.03. The van der Waals surface area contributed by atoms with E-state index in [1.165, 1.54) is 21.3 Å². The van der Waals surface area contributed by atoms with Gasteiger partial charge in [-0.1, -0.05) is 102 Å². The van der Waals surface area contributed by atoms with Gasteiger partial charge in [0.05, 0.1) is 34.1 Å². The number of hydrogen-bond acceptors (Lipinski definition) is 11. The molecule has 0 saturated carbocycles. The first-order valence-corrected chi connectivity index (χ1v) is 16.5. The molecular weight excluding hydrogens is 657 g/mol. The van der Waals surface area contributed by atoms with E-state index >= 15 is 0 Å². The summed E-state index contributed by atoms with van der Waals surface area (Å²) in [6.07, 6.45) is 0. The third-order valence-corrected chi connectivity index (χ3v) is 10.1. The first-order chi connectivity index (χ1) is 24.3. The molecule has 2 heterocycles. The molecule has 1 fully saturated rings. The van der Waals surface area contributed by atoms with E-state index in [1.54, 1.807) is 60.5 Å². The number of esters is 3. The van der Waals surface area contributed by atoms with Crippen molar-refractivity contribution in [2.45, 2.75) is 11.6 Å². The number of thiazole rings is 1. The van der Waals surface area contributed by atoms with Crippen molar-refractivity contribution in [3.63, 3.8) is 0 Å². The van der Waals surface area contributed by atoms with E-state index < -0.39 is 41.3 Å². The van der Waals surface area contributed by atoms with E-state index in [4.69, 9.17) is 23.9 Å². The zero-order chi connectivity index (χ0) is 35.4. The summed E-state index contributed by atoms with van der Waals surface area (Å²) in [5.41, 5.74) is 0.963. The van der Waals surface area contributed by atoms with Crippen LogP contribution in [0.1, 0.15) is 26.4 Å². The zero-order valence-corrected chi connectivity index (χ0v) is 28.6. The van der Waals surface area contributed by atoms with Gasteiger partial charge in [0.1, 0.15) is 34.0 Å². The second-order valence-corrected chi connectivity index (χ2v) is 12.5. The Labute approximate surface area is 293 Å². The third kappa shape index (κ3) is 5.69. The second-order valence-electron chi connectivity index (χ2n) is 11.5. The summed E-state index contributed by atoms with van der Waals surface area (Å²) in [5.74, 6) is -4.84. The summed E-state index contributed by atoms with van der Waals surface area (Å²) in [7, 11) is 5.18. The molecule has 50 heavy (non-hydrogen) atoms. The van der Waals surface area contributed by atoms with Crippen LogP contribution in [0.25, 0.3) is 11.3 Å². The minimum absolute atomic E-state index is 0.198. The molecule has 4 aromatic carbocycles. The zero-order valence-electron chi connectivity index (χ0n) is 27.8. The van der Waals surface area contributed by atoms with Crippen LogP contribution in [0, 0.1) is 11.8 Å². The van der Waals surface area contributed by atoms with Crippen molar-refractivity contribution in [1.29, 1.82) is 0 Å². The van der Waals surface area contributed by atoms with Crippen LogP contribution in [0.4, 0.5) is 5.13 Å². The molecule has 1 aromatic heterocycles. The lowest BCUT2D eigenvalue weighted by atomic mass is 9.70. The maximum Gasteiger partial charge on any atom is 0.329 e. The Bertz CT molecular complexity index is 1960. The van der Waals surface area contributed by atoms with Gasteiger partial charge in [-0.05, 0) is 35.4 Å². The van der Waals surface area contributed by atoms with Gasteiger partial charge in [0.2, 0.25) is 5.78 Å². The van der Waals surface area contributed by atoms with Gasteiger partial charge in [-0.25, -0.2) is 9.78 Å². The molecule has 0 unspecified atom stereocenters. The van der Waals surface area contributed by atoms with Crippen molar-refractivity contribution in [2.75, 3.05) is 33.3 Å². The van der Waals surface area contributed by atoms with Crippen LogP contribution in [0.15, 0.2) is 115 Å². The van der Waals surface area contributed by atoms with Crippen molar-refractivity contribution in [3.05, 3.63) is 137 Å². The van der Waals surface area contributed by atoms with Crippen LogP contribution in [0.5, 0.6) is 5.75 Å². The molecule has 0 spiro atoms. The topological polar surface area (TPSA) is 121 Å². The molecule has 1 aliphatic heterocycles. The fourth-order valence-corrected chi connectivity index (χ4v) is 8.03. The number of anilines is 1. The van der Waals surface area contributed by atoms with Gasteiger partial charge < -0.3 is 23.8 Å². The van der Waals surface area contributed by atoms with Gasteiger partial charge in [-0.15, -0.1) is 0 Å². The van der Waals surface area contributed by atoms with Crippen LogP contribution in [0.2, 0.25) is 0 Å². The molecule has 3 atom stereocenters. The Morgan fingerprint density at radius 1 is 0.660 bits per heavy atom. The number of benzene rings is 4. The highest BCUT2D eigenvalue weighted by molar-refractivity contribution is 7.18. The highest BCUT2D eigenvalue weighted by atomic mass is 32.1. The first kappa shape index (κ1) is 34.1. The van der Waals surface area contributed by atoms with Crippen molar-refractivity contribution >= 4 is 40.2 Å². The Morgan fingerprint density at radius 3 is 1.68 bits per heavy atom. The standard InChI is InChI=1S/C39H34N2O8S/c1-46-28-22-20-25(21-23-28)33(42)34-31(24-14-8-5-9-15-24)40-38(50-34)41-32(37(45)49-4)29(35(43)47-2)30(36(44)48-3)39(41,26-16-10-6-11-17-26)27-18-12-7-13-19-27/h5-23,29-30,32H,1-4H3/t29-,30-,32+/m0/s1. The number of ether oxygens (including phenoxy) is 4. The number of hydrogen-bond donors (Lipinski definition) is 0. The van der Waals surface area contributed by atoms with Gasteiger partial charge in [0, 0.05) is 11.1 Å². The first-order valence-electron chi connectivity index (χ1n) is 15.7. The second kappa shape index (κ2) is 14.4. The molecule has 1 saturated heterocycles. The molecule has 1 aliphatic rings. The van der Waals surface area contributed by atoms with E-state index in [-0.39, 0.29) is 15.8 Å². The van der Waals surface area contributed by atoms with Crippen molar-refractivity contribution < 1.29 is 38.1 Å². The predicted molar refractivity (Wildman–Crippen MR) is 187 cm³/mol. The summed E-state index contributed by atoms with van der Waals surface area (Å²) < 4.78 is 21.4. The van der Waals surface area contributed by atoms with Gasteiger partial charge in [0.15, 0.2) is 5.13 Å². The van der Waals surface area contributed by atoms with E-state index in [2.05, 4.69) is 0 Å². The highest BCUT2D eigenvalue weighted by Gasteiger charge is 2.69. The molecular formula is C39H34N2O8S. The number of aromatic nitrogens is 1. The van der Waals surface area contributed by atoms with Crippen molar-refractivity contribution in [1.82, 2.24) is 4.98 Å². The number of methoxy groups -OCH3 is 4. The molecule has 0 aliphatic carbocycles. The van der Waals surface area contributed by atoms with Crippen molar-refractivity contribution in [2.24, 2.45) is 11.8 Å². The van der Waals surface area contributed by atoms with Crippen LogP contribution < -0.4 is 9.64 Å². The lowest BCUT2D eigenvalue weighted by molar-refractivity contribution is -0.160. The molecule has 254 valence electrons. The SMILES string of the molecule is COC(=O)[C@H]1[C@@H](C(=O)OC)C(c2ccccc2)(c2ccccc2)N(c2nc(-c3ccccc3)c(C(=O)c3ccc(OC)cc3)s2)[C@H]1C(=O)OC.